The summed E-state index contributed by atoms with van der Waals surface area (Å²) >= 11 is 11.8. The van der Waals surface area contributed by atoms with Crippen molar-refractivity contribution in [2.24, 2.45) is 5.92 Å². The molecule has 1 N–H and O–H groups in total. The van der Waals surface area contributed by atoms with Crippen LogP contribution < -0.4 is 5.32 Å². The highest BCUT2D eigenvalue weighted by Gasteiger charge is 2.20. The lowest BCUT2D eigenvalue weighted by Gasteiger charge is -2.06. The first-order valence-electron chi connectivity index (χ1n) is 4.94. The monoisotopic (exact) mass is 229 g/mol. The summed E-state index contributed by atoms with van der Waals surface area (Å²) in [4.78, 5) is 0. The minimum atomic E-state index is 0.687. The van der Waals surface area contributed by atoms with Crippen LogP contribution in [0.3, 0.4) is 0 Å². The van der Waals surface area contributed by atoms with Gasteiger partial charge in [-0.3, -0.25) is 0 Å². The average molecular weight is 230 g/mol. The molecule has 3 heteroatoms. The Kier molecular flexibility index (Phi) is 3.19. The lowest BCUT2D eigenvalue weighted by Crippen LogP contribution is -2.01. The molecule has 0 radical (unpaired) electrons. The molecule has 0 heterocycles. The van der Waals surface area contributed by atoms with Gasteiger partial charge in [-0.1, -0.05) is 36.0 Å². The van der Waals surface area contributed by atoms with E-state index in [4.69, 9.17) is 23.2 Å². The number of hydrogen-bond acceptors (Lipinski definition) is 1. The van der Waals surface area contributed by atoms with Crippen LogP contribution in [-0.2, 0) is 0 Å². The third kappa shape index (κ3) is 3.07. The molecule has 0 bridgehead atoms. The Hall–Kier alpha value is -0.400. The maximum absolute atomic E-state index is 5.88. The molecule has 1 saturated carbocycles. The van der Waals surface area contributed by atoms with Crippen molar-refractivity contribution in [2.75, 3.05) is 11.9 Å². The summed E-state index contributed by atoms with van der Waals surface area (Å²) in [5.74, 6) is 0.956. The Morgan fingerprint density at radius 2 is 1.79 bits per heavy atom. The Morgan fingerprint density at radius 1 is 1.14 bits per heavy atom. The number of hydrogen-bond donors (Lipinski definition) is 1. The highest BCUT2D eigenvalue weighted by atomic mass is 35.5. The van der Waals surface area contributed by atoms with Crippen molar-refractivity contribution in [1.29, 1.82) is 0 Å². The second kappa shape index (κ2) is 4.41. The van der Waals surface area contributed by atoms with Crippen molar-refractivity contribution in [1.82, 2.24) is 0 Å². The van der Waals surface area contributed by atoms with E-state index in [2.05, 4.69) is 5.32 Å². The van der Waals surface area contributed by atoms with E-state index in [0.717, 1.165) is 18.2 Å². The molecule has 14 heavy (non-hydrogen) atoms. The summed E-state index contributed by atoms with van der Waals surface area (Å²) in [5, 5.41) is 4.70. The largest absolute Gasteiger partial charge is 0.385 e. The van der Waals surface area contributed by atoms with Crippen LogP contribution in [0.4, 0.5) is 5.69 Å². The van der Waals surface area contributed by atoms with E-state index in [1.165, 1.54) is 19.3 Å². The van der Waals surface area contributed by atoms with E-state index < -0.39 is 0 Å². The van der Waals surface area contributed by atoms with Gasteiger partial charge < -0.3 is 5.32 Å². The minimum Gasteiger partial charge on any atom is -0.385 e. The smallest absolute Gasteiger partial charge is 0.0441 e. The molecule has 1 aromatic carbocycles. The Balaban J connectivity index is 1.87. The van der Waals surface area contributed by atoms with Crippen molar-refractivity contribution in [3.63, 3.8) is 0 Å². The van der Waals surface area contributed by atoms with Crippen LogP contribution >= 0.6 is 23.2 Å². The molecule has 1 nitrogen and oxygen atoms in total. The molecule has 0 amide bonds. The summed E-state index contributed by atoms with van der Waals surface area (Å²) in [6, 6.07) is 5.55. The average Bonchev–Trinajstić information content (AvgIpc) is 2.86. The standard InChI is InChI=1S/C11H13Cl2N/c12-9-5-10(13)7-11(6-9)14-4-3-8-1-2-8/h5-8,14H,1-4H2. The van der Waals surface area contributed by atoms with Crippen LogP contribution in [0.2, 0.25) is 10.0 Å². The molecular formula is C11H13Cl2N. The third-order valence-electron chi connectivity index (χ3n) is 2.44. The molecule has 1 aliphatic rings. The first-order valence-corrected chi connectivity index (χ1v) is 5.69. The fraction of sp³-hybridized carbons (Fsp3) is 0.455. The van der Waals surface area contributed by atoms with Gasteiger partial charge >= 0.3 is 0 Å². The van der Waals surface area contributed by atoms with E-state index in [1.807, 2.05) is 12.1 Å². The Labute approximate surface area is 94.4 Å². The van der Waals surface area contributed by atoms with Gasteiger partial charge in [0.15, 0.2) is 0 Å². The fourth-order valence-electron chi connectivity index (χ4n) is 1.48. The van der Waals surface area contributed by atoms with E-state index in [0.29, 0.717) is 10.0 Å². The third-order valence-corrected chi connectivity index (χ3v) is 2.88. The molecule has 0 saturated heterocycles. The van der Waals surface area contributed by atoms with Crippen LogP contribution in [0.25, 0.3) is 0 Å². The van der Waals surface area contributed by atoms with Crippen LogP contribution in [-0.4, -0.2) is 6.54 Å². The zero-order valence-corrected chi connectivity index (χ0v) is 9.41. The predicted octanol–water partition coefficient (Wildman–Crippen LogP) is 4.21. The SMILES string of the molecule is Clc1cc(Cl)cc(NCCC2CC2)c1. The van der Waals surface area contributed by atoms with Gasteiger partial charge in [-0.15, -0.1) is 0 Å². The number of anilines is 1. The van der Waals surface area contributed by atoms with Crippen molar-refractivity contribution < 1.29 is 0 Å². The predicted molar refractivity (Wildman–Crippen MR) is 62.3 cm³/mol. The van der Waals surface area contributed by atoms with Gasteiger partial charge in [0, 0.05) is 22.3 Å². The van der Waals surface area contributed by atoms with Crippen molar-refractivity contribution in [3.05, 3.63) is 28.2 Å². The van der Waals surface area contributed by atoms with Gasteiger partial charge in [0.2, 0.25) is 0 Å². The summed E-state index contributed by atoms with van der Waals surface area (Å²) in [6.07, 6.45) is 4.06. The van der Waals surface area contributed by atoms with E-state index in [9.17, 15) is 0 Å². The van der Waals surface area contributed by atoms with E-state index in [1.54, 1.807) is 6.07 Å². The molecule has 1 aliphatic carbocycles. The number of halogens is 2. The molecule has 0 spiro atoms. The summed E-state index contributed by atoms with van der Waals surface area (Å²) in [5.41, 5.74) is 1.02. The lowest BCUT2D eigenvalue weighted by atomic mass is 10.2. The van der Waals surface area contributed by atoms with Crippen molar-refractivity contribution in [3.8, 4) is 0 Å². The first kappa shape index (κ1) is 10.1. The number of nitrogens with one attached hydrogen (secondary N) is 1. The first-order chi connectivity index (χ1) is 6.74. The molecule has 0 aliphatic heterocycles. The quantitative estimate of drug-likeness (QED) is 0.817. The molecule has 1 aromatic rings. The van der Waals surface area contributed by atoms with Crippen molar-refractivity contribution >= 4 is 28.9 Å². The molecule has 2 rings (SSSR count). The number of benzene rings is 1. The van der Waals surface area contributed by atoms with Gasteiger partial charge in [-0.25, -0.2) is 0 Å². The summed E-state index contributed by atoms with van der Waals surface area (Å²) in [6.45, 7) is 1.02. The maximum atomic E-state index is 5.88. The van der Waals surface area contributed by atoms with Crippen LogP contribution in [0, 0.1) is 5.92 Å². The normalized spacial score (nSPS) is 15.6. The molecule has 76 valence electrons. The Morgan fingerprint density at radius 3 is 2.36 bits per heavy atom. The van der Waals surface area contributed by atoms with Gasteiger partial charge in [-0.2, -0.15) is 0 Å². The van der Waals surface area contributed by atoms with Gasteiger partial charge in [0.1, 0.15) is 0 Å². The summed E-state index contributed by atoms with van der Waals surface area (Å²) in [7, 11) is 0. The molecule has 0 unspecified atom stereocenters. The topological polar surface area (TPSA) is 12.0 Å². The van der Waals surface area contributed by atoms with Gasteiger partial charge in [0.05, 0.1) is 0 Å². The molecular weight excluding hydrogens is 217 g/mol. The van der Waals surface area contributed by atoms with Crippen LogP contribution in [0.5, 0.6) is 0 Å². The highest BCUT2D eigenvalue weighted by molar-refractivity contribution is 6.35. The lowest BCUT2D eigenvalue weighted by molar-refractivity contribution is 0.760. The second-order valence-electron chi connectivity index (χ2n) is 3.82. The van der Waals surface area contributed by atoms with E-state index >= 15 is 0 Å². The number of rotatable bonds is 4. The molecule has 0 aromatic heterocycles. The van der Waals surface area contributed by atoms with E-state index in [-0.39, 0.29) is 0 Å². The molecule has 1 fully saturated rings. The Bertz CT molecular complexity index is 301. The van der Waals surface area contributed by atoms with Gasteiger partial charge in [0.25, 0.3) is 0 Å². The zero-order valence-electron chi connectivity index (χ0n) is 7.89. The fourth-order valence-corrected chi connectivity index (χ4v) is 2.01. The molecule has 0 atom stereocenters. The maximum Gasteiger partial charge on any atom is 0.0441 e. The second-order valence-corrected chi connectivity index (χ2v) is 4.69. The minimum absolute atomic E-state index is 0.687. The zero-order chi connectivity index (χ0) is 9.97. The van der Waals surface area contributed by atoms with Crippen LogP contribution in [0.15, 0.2) is 18.2 Å². The van der Waals surface area contributed by atoms with Crippen molar-refractivity contribution in [2.45, 2.75) is 19.3 Å². The highest BCUT2D eigenvalue weighted by Crippen LogP contribution is 2.32. The summed E-state index contributed by atoms with van der Waals surface area (Å²) < 4.78 is 0. The van der Waals surface area contributed by atoms with Gasteiger partial charge in [-0.05, 0) is 30.5 Å². The van der Waals surface area contributed by atoms with Crippen LogP contribution in [0.1, 0.15) is 19.3 Å².